The molecule has 0 saturated carbocycles. The molecule has 0 heterocycles. The Labute approximate surface area is 155 Å². The number of aliphatic hydroxyl groups is 1. The summed E-state index contributed by atoms with van der Waals surface area (Å²) in [7, 11) is -3.12. The minimum Gasteiger partial charge on any atom is -0.495 e. The molecule has 0 saturated heterocycles. The zero-order valence-electron chi connectivity index (χ0n) is 15.0. The molecule has 0 aromatic heterocycles. The molecule has 2 aromatic carbocycles. The van der Waals surface area contributed by atoms with Gasteiger partial charge in [-0.3, -0.25) is 0 Å². The van der Waals surface area contributed by atoms with E-state index >= 15 is 0 Å². The highest BCUT2D eigenvalue weighted by Gasteiger charge is 2.55. The van der Waals surface area contributed by atoms with Gasteiger partial charge < -0.3 is 9.84 Å². The number of halogens is 3. The maximum absolute atomic E-state index is 13.5. The third-order valence-corrected chi connectivity index (χ3v) is 5.73. The highest BCUT2D eigenvalue weighted by Crippen LogP contribution is 2.39. The monoisotopic (exact) mass is 403 g/mol. The van der Waals surface area contributed by atoms with Crippen molar-refractivity contribution < 1.29 is 31.4 Å². The van der Waals surface area contributed by atoms with Gasteiger partial charge in [-0.2, -0.15) is 13.2 Å². The third kappa shape index (κ3) is 4.26. The van der Waals surface area contributed by atoms with Gasteiger partial charge in [0.05, 0.1) is 13.7 Å². The van der Waals surface area contributed by atoms with Crippen LogP contribution in [0.2, 0.25) is 0 Å². The lowest BCUT2D eigenvalue weighted by atomic mass is 9.93. The van der Waals surface area contributed by atoms with Gasteiger partial charge in [0, 0.05) is 0 Å². The second-order valence-corrected chi connectivity index (χ2v) is 7.87. The summed E-state index contributed by atoms with van der Waals surface area (Å²) in [6.45, 7) is 2.14. The van der Waals surface area contributed by atoms with Gasteiger partial charge in [0.1, 0.15) is 10.6 Å². The van der Waals surface area contributed by atoms with E-state index in [9.17, 15) is 26.7 Å². The molecule has 0 spiro atoms. The van der Waals surface area contributed by atoms with Crippen LogP contribution in [-0.4, -0.2) is 33.4 Å². The normalized spacial score (nSPS) is 14.6. The highest BCUT2D eigenvalue weighted by molar-refractivity contribution is 7.89. The number of nitrogens with one attached hydrogen (secondary N) is 1. The highest BCUT2D eigenvalue weighted by atomic mass is 32.2. The van der Waals surface area contributed by atoms with Crippen LogP contribution in [0.1, 0.15) is 16.7 Å². The van der Waals surface area contributed by atoms with Crippen molar-refractivity contribution in [3.8, 4) is 5.75 Å². The van der Waals surface area contributed by atoms with Crippen LogP contribution in [0.5, 0.6) is 5.75 Å². The number of aryl methyl sites for hydroxylation is 2. The number of ether oxygens (including phenoxy) is 1. The van der Waals surface area contributed by atoms with E-state index in [1.54, 1.807) is 13.8 Å². The molecule has 0 radical (unpaired) electrons. The van der Waals surface area contributed by atoms with Gasteiger partial charge in [-0.25, -0.2) is 13.1 Å². The number of benzene rings is 2. The average Bonchev–Trinajstić information content (AvgIpc) is 2.61. The molecule has 2 N–H and O–H groups in total. The maximum atomic E-state index is 13.5. The van der Waals surface area contributed by atoms with E-state index in [2.05, 4.69) is 0 Å². The topological polar surface area (TPSA) is 75.6 Å². The van der Waals surface area contributed by atoms with Crippen LogP contribution < -0.4 is 9.46 Å². The summed E-state index contributed by atoms with van der Waals surface area (Å²) in [4.78, 5) is -0.300. The van der Waals surface area contributed by atoms with Crippen molar-refractivity contribution >= 4 is 10.0 Å². The van der Waals surface area contributed by atoms with Gasteiger partial charge in [-0.15, -0.1) is 0 Å². The van der Waals surface area contributed by atoms with E-state index in [1.165, 1.54) is 37.4 Å². The Bertz CT molecular complexity index is 914. The van der Waals surface area contributed by atoms with Crippen LogP contribution in [0.15, 0.2) is 47.4 Å². The molecule has 5 nitrogen and oxygen atoms in total. The molecular formula is C18H20F3NO4S. The summed E-state index contributed by atoms with van der Waals surface area (Å²) in [5.41, 5.74) is -2.45. The molecule has 0 bridgehead atoms. The van der Waals surface area contributed by atoms with Crippen molar-refractivity contribution in [3.63, 3.8) is 0 Å². The van der Waals surface area contributed by atoms with E-state index in [4.69, 9.17) is 4.74 Å². The first kappa shape index (κ1) is 21.2. The lowest BCUT2D eigenvalue weighted by molar-refractivity contribution is -0.263. The molecule has 0 aliphatic heterocycles. The van der Waals surface area contributed by atoms with Gasteiger partial charge in [0.15, 0.2) is 5.60 Å². The fraction of sp³-hybridized carbons (Fsp3) is 0.333. The Morgan fingerprint density at radius 3 is 2.15 bits per heavy atom. The molecule has 9 heteroatoms. The molecule has 0 aliphatic rings. The first-order chi connectivity index (χ1) is 12.4. The van der Waals surface area contributed by atoms with Gasteiger partial charge >= 0.3 is 6.18 Å². The van der Waals surface area contributed by atoms with Crippen LogP contribution in [0.3, 0.4) is 0 Å². The predicted octanol–water partition coefficient (Wildman–Crippen LogP) is 3.04. The zero-order chi connectivity index (χ0) is 20.5. The molecule has 27 heavy (non-hydrogen) atoms. The summed E-state index contributed by atoms with van der Waals surface area (Å²) in [6.07, 6.45) is -5.09. The van der Waals surface area contributed by atoms with Crippen molar-refractivity contribution in [2.45, 2.75) is 30.5 Å². The fourth-order valence-corrected chi connectivity index (χ4v) is 3.78. The van der Waals surface area contributed by atoms with Crippen molar-refractivity contribution in [3.05, 3.63) is 59.2 Å². The van der Waals surface area contributed by atoms with E-state index < -0.39 is 33.9 Å². The molecule has 0 aliphatic carbocycles. The van der Waals surface area contributed by atoms with Crippen LogP contribution in [0, 0.1) is 13.8 Å². The van der Waals surface area contributed by atoms with Crippen LogP contribution in [0.4, 0.5) is 13.2 Å². The molecular weight excluding hydrogens is 383 g/mol. The van der Waals surface area contributed by atoms with Crippen LogP contribution in [-0.2, 0) is 15.6 Å². The maximum Gasteiger partial charge on any atom is 0.422 e. The Morgan fingerprint density at radius 1 is 1.07 bits per heavy atom. The van der Waals surface area contributed by atoms with Crippen molar-refractivity contribution in [1.29, 1.82) is 0 Å². The molecule has 2 aromatic rings. The van der Waals surface area contributed by atoms with Gasteiger partial charge in [0.2, 0.25) is 10.0 Å². The van der Waals surface area contributed by atoms with Gasteiger partial charge in [0.25, 0.3) is 0 Å². The van der Waals surface area contributed by atoms with Gasteiger partial charge in [-0.05, 0) is 42.7 Å². The summed E-state index contributed by atoms with van der Waals surface area (Å²) >= 11 is 0. The van der Waals surface area contributed by atoms with Crippen LogP contribution in [0.25, 0.3) is 0 Å². The first-order valence-corrected chi connectivity index (χ1v) is 9.40. The number of alkyl halides is 3. The fourth-order valence-electron chi connectivity index (χ4n) is 2.49. The standard InChI is InChI=1S/C18H20F3NO4S/c1-12-9-15(26-3)16(10-13(12)2)27(24,25)22-11-17(23,18(19,20)21)14-7-5-4-6-8-14/h4-10,22-23H,11H2,1-3H3. The number of hydrogen-bond donors (Lipinski definition) is 2. The van der Waals surface area contributed by atoms with Crippen molar-refractivity contribution in [2.75, 3.05) is 13.7 Å². The van der Waals surface area contributed by atoms with E-state index in [1.807, 2.05) is 4.72 Å². The van der Waals surface area contributed by atoms with Gasteiger partial charge in [-0.1, -0.05) is 30.3 Å². The second-order valence-electron chi connectivity index (χ2n) is 6.14. The molecule has 0 fully saturated rings. The van der Waals surface area contributed by atoms with E-state index in [-0.39, 0.29) is 10.6 Å². The average molecular weight is 403 g/mol. The number of rotatable bonds is 6. The summed E-state index contributed by atoms with van der Waals surface area (Å²) in [5, 5.41) is 10.3. The Morgan fingerprint density at radius 2 is 1.63 bits per heavy atom. The molecule has 0 amide bonds. The number of methoxy groups -OCH3 is 1. The zero-order valence-corrected chi connectivity index (χ0v) is 15.8. The summed E-state index contributed by atoms with van der Waals surface area (Å²) < 4.78 is 72.7. The quantitative estimate of drug-likeness (QED) is 0.778. The SMILES string of the molecule is COc1cc(C)c(C)cc1S(=O)(=O)NCC(O)(c1ccccc1)C(F)(F)F. The lowest BCUT2D eigenvalue weighted by Crippen LogP contribution is -2.51. The predicted molar refractivity (Wildman–Crippen MR) is 94.1 cm³/mol. The van der Waals surface area contributed by atoms with E-state index in [0.29, 0.717) is 5.56 Å². The first-order valence-electron chi connectivity index (χ1n) is 7.92. The lowest BCUT2D eigenvalue weighted by Gasteiger charge is -2.31. The Kier molecular flexibility index (Phi) is 5.88. The second kappa shape index (κ2) is 7.49. The molecule has 2 rings (SSSR count). The van der Waals surface area contributed by atoms with Crippen LogP contribution >= 0.6 is 0 Å². The molecule has 1 unspecified atom stereocenters. The number of sulfonamides is 1. The smallest absolute Gasteiger partial charge is 0.422 e. The van der Waals surface area contributed by atoms with Crippen molar-refractivity contribution in [2.24, 2.45) is 0 Å². The largest absolute Gasteiger partial charge is 0.495 e. The van der Waals surface area contributed by atoms with E-state index in [0.717, 1.165) is 17.7 Å². The Hall–Kier alpha value is -2.10. The minimum absolute atomic E-state index is 0.000796. The molecule has 148 valence electrons. The minimum atomic E-state index is -5.09. The molecule has 1 atom stereocenters. The third-order valence-electron chi connectivity index (χ3n) is 4.31. The summed E-state index contributed by atoms with van der Waals surface area (Å²) in [5.74, 6) is 0.000796. The summed E-state index contributed by atoms with van der Waals surface area (Å²) in [6, 6.07) is 9.10. The number of hydrogen-bond acceptors (Lipinski definition) is 4. The Balaban J connectivity index is 2.42. The van der Waals surface area contributed by atoms with Crippen molar-refractivity contribution in [1.82, 2.24) is 4.72 Å².